The van der Waals surface area contributed by atoms with Gasteiger partial charge < -0.3 is 10.1 Å². The normalized spacial score (nSPS) is 11.1. The third kappa shape index (κ3) is 6.39. The van der Waals surface area contributed by atoms with E-state index < -0.39 is 0 Å². The molecule has 7 nitrogen and oxygen atoms in total. The van der Waals surface area contributed by atoms with Gasteiger partial charge >= 0.3 is 0 Å². The third-order valence-corrected chi connectivity index (χ3v) is 5.19. The van der Waals surface area contributed by atoms with Crippen molar-refractivity contribution in [3.63, 3.8) is 0 Å². The maximum Gasteiger partial charge on any atom is 0.187 e. The molecule has 0 fully saturated rings. The number of methoxy groups -OCH3 is 1. The van der Waals surface area contributed by atoms with Crippen LogP contribution in [0, 0.1) is 0 Å². The van der Waals surface area contributed by atoms with Gasteiger partial charge in [-0.1, -0.05) is 44.2 Å². The number of anilines is 1. The molecule has 7 heteroatoms. The first kappa shape index (κ1) is 26.2. The highest BCUT2D eigenvalue weighted by molar-refractivity contribution is 6.09. The largest absolute Gasteiger partial charge is 0.491 e. The monoisotopic (exact) mass is 480 g/mol. The number of benzene rings is 1. The second-order valence-corrected chi connectivity index (χ2v) is 7.42. The van der Waals surface area contributed by atoms with Crippen molar-refractivity contribution in [2.45, 2.75) is 27.3 Å². The van der Waals surface area contributed by atoms with Crippen molar-refractivity contribution in [3.05, 3.63) is 96.6 Å². The Balaban J connectivity index is 0.00000176. The Hall–Kier alpha value is -4.39. The van der Waals surface area contributed by atoms with Crippen LogP contribution in [0.25, 0.3) is 22.6 Å². The molecule has 3 heterocycles. The van der Waals surface area contributed by atoms with Gasteiger partial charge in [-0.05, 0) is 42.8 Å². The summed E-state index contributed by atoms with van der Waals surface area (Å²) in [6.07, 6.45) is 11.0. The SMILES string of the molecule is C/C=C\C(=NC)c1cccc(-c2nc(-c3ccncc3)nc(NCc3cccnc3)c2OC)c1.CC. The fourth-order valence-electron chi connectivity index (χ4n) is 3.56. The summed E-state index contributed by atoms with van der Waals surface area (Å²) in [5.74, 6) is 1.75. The molecule has 3 aromatic heterocycles. The van der Waals surface area contributed by atoms with Gasteiger partial charge in [0.05, 0.1) is 12.8 Å². The van der Waals surface area contributed by atoms with E-state index in [1.165, 1.54) is 0 Å². The summed E-state index contributed by atoms with van der Waals surface area (Å²) in [5.41, 5.74) is 5.38. The van der Waals surface area contributed by atoms with Gasteiger partial charge in [-0.3, -0.25) is 15.0 Å². The van der Waals surface area contributed by atoms with Gasteiger partial charge in [-0.25, -0.2) is 9.97 Å². The molecule has 36 heavy (non-hydrogen) atoms. The minimum absolute atomic E-state index is 0.546. The summed E-state index contributed by atoms with van der Waals surface area (Å²) in [4.78, 5) is 22.4. The Bertz CT molecular complexity index is 1300. The predicted molar refractivity (Wildman–Crippen MR) is 147 cm³/mol. The first-order chi connectivity index (χ1) is 17.7. The molecule has 0 spiro atoms. The highest BCUT2D eigenvalue weighted by atomic mass is 16.5. The summed E-state index contributed by atoms with van der Waals surface area (Å²) >= 11 is 0. The van der Waals surface area contributed by atoms with Gasteiger partial charge in [0.15, 0.2) is 17.4 Å². The molecule has 184 valence electrons. The van der Waals surface area contributed by atoms with Crippen LogP contribution in [0.3, 0.4) is 0 Å². The number of allylic oxidation sites excluding steroid dienone is 2. The summed E-state index contributed by atoms with van der Waals surface area (Å²) in [6, 6.07) is 15.8. The molecular weight excluding hydrogens is 448 g/mol. The van der Waals surface area contributed by atoms with Crippen LogP contribution in [-0.4, -0.2) is 39.8 Å². The van der Waals surface area contributed by atoms with Gasteiger partial charge in [-0.15, -0.1) is 0 Å². The molecule has 0 aliphatic rings. The van der Waals surface area contributed by atoms with E-state index in [9.17, 15) is 0 Å². The topological polar surface area (TPSA) is 85.2 Å². The number of hydrogen-bond acceptors (Lipinski definition) is 7. The van der Waals surface area contributed by atoms with E-state index in [1.807, 2.05) is 81.6 Å². The van der Waals surface area contributed by atoms with E-state index in [-0.39, 0.29) is 0 Å². The molecular formula is C29H32N6O. The van der Waals surface area contributed by atoms with Gasteiger partial charge in [0.2, 0.25) is 0 Å². The molecule has 0 atom stereocenters. The molecule has 0 aliphatic carbocycles. The molecule has 0 radical (unpaired) electrons. The first-order valence-electron chi connectivity index (χ1n) is 11.9. The van der Waals surface area contributed by atoms with Crippen LogP contribution in [0.4, 0.5) is 5.82 Å². The summed E-state index contributed by atoms with van der Waals surface area (Å²) in [7, 11) is 3.42. The molecule has 1 N–H and O–H groups in total. The zero-order chi connectivity index (χ0) is 25.8. The molecule has 0 saturated heterocycles. The first-order valence-corrected chi connectivity index (χ1v) is 11.9. The van der Waals surface area contributed by atoms with Crippen molar-refractivity contribution in [1.29, 1.82) is 0 Å². The van der Waals surface area contributed by atoms with E-state index in [1.54, 1.807) is 32.7 Å². The number of rotatable bonds is 8. The average molecular weight is 481 g/mol. The van der Waals surface area contributed by atoms with E-state index in [0.29, 0.717) is 29.6 Å². The van der Waals surface area contributed by atoms with Gasteiger partial charge in [0.1, 0.15) is 5.69 Å². The lowest BCUT2D eigenvalue weighted by atomic mass is 10.0. The molecule has 4 rings (SSSR count). The molecule has 4 aromatic rings. The van der Waals surface area contributed by atoms with Crippen LogP contribution in [0.1, 0.15) is 31.9 Å². The maximum atomic E-state index is 5.82. The predicted octanol–water partition coefficient (Wildman–Crippen LogP) is 6.24. The average Bonchev–Trinajstić information content (AvgIpc) is 2.96. The number of aromatic nitrogens is 4. The van der Waals surface area contributed by atoms with Crippen LogP contribution in [0.2, 0.25) is 0 Å². The van der Waals surface area contributed by atoms with Crippen molar-refractivity contribution in [2.24, 2.45) is 4.99 Å². The van der Waals surface area contributed by atoms with Crippen molar-refractivity contribution >= 4 is 11.5 Å². The zero-order valence-corrected chi connectivity index (χ0v) is 21.4. The Morgan fingerprint density at radius 3 is 2.44 bits per heavy atom. The van der Waals surface area contributed by atoms with E-state index >= 15 is 0 Å². The molecule has 0 saturated carbocycles. The van der Waals surface area contributed by atoms with Crippen molar-refractivity contribution in [2.75, 3.05) is 19.5 Å². The van der Waals surface area contributed by atoms with Crippen molar-refractivity contribution in [1.82, 2.24) is 19.9 Å². The van der Waals surface area contributed by atoms with Crippen molar-refractivity contribution in [3.8, 4) is 28.4 Å². The highest BCUT2D eigenvalue weighted by Gasteiger charge is 2.18. The van der Waals surface area contributed by atoms with Crippen LogP contribution >= 0.6 is 0 Å². The van der Waals surface area contributed by atoms with Crippen LogP contribution in [0.15, 0.2) is 90.5 Å². The van der Waals surface area contributed by atoms with E-state index in [4.69, 9.17) is 14.7 Å². The fourth-order valence-corrected chi connectivity index (χ4v) is 3.56. The van der Waals surface area contributed by atoms with Crippen LogP contribution in [-0.2, 0) is 6.54 Å². The second kappa shape index (κ2) is 13.5. The lowest BCUT2D eigenvalue weighted by molar-refractivity contribution is 0.415. The van der Waals surface area contributed by atoms with E-state index in [2.05, 4.69) is 26.3 Å². The highest BCUT2D eigenvalue weighted by Crippen LogP contribution is 2.36. The standard InChI is InChI=1S/C27H26N6O.C2H6/c1-4-7-23(28-2)21-9-5-10-22(16-21)24-25(34-3)27(31-18-19-8-6-13-30-17-19)33-26(32-24)20-11-14-29-15-12-20;1-2/h4-17H,18H2,1-3H3,(H,31,32,33);1-2H3/b7-4-,28-23?;. The zero-order valence-electron chi connectivity index (χ0n) is 21.4. The number of nitrogens with zero attached hydrogens (tertiary/aromatic N) is 5. The summed E-state index contributed by atoms with van der Waals surface area (Å²) < 4.78 is 5.82. The third-order valence-electron chi connectivity index (χ3n) is 5.19. The molecule has 0 bridgehead atoms. The Labute approximate surface area is 213 Å². The second-order valence-electron chi connectivity index (χ2n) is 7.42. The van der Waals surface area contributed by atoms with Crippen LogP contribution < -0.4 is 10.1 Å². The minimum atomic E-state index is 0.546. The van der Waals surface area contributed by atoms with Gasteiger partial charge in [0, 0.05) is 55.1 Å². The maximum absolute atomic E-state index is 5.82. The smallest absolute Gasteiger partial charge is 0.187 e. The summed E-state index contributed by atoms with van der Waals surface area (Å²) in [6.45, 7) is 6.52. The number of aliphatic imine (C=N–C) groups is 1. The molecule has 0 amide bonds. The lowest BCUT2D eigenvalue weighted by Gasteiger charge is -2.16. The van der Waals surface area contributed by atoms with Crippen molar-refractivity contribution < 1.29 is 4.74 Å². The number of nitrogens with one attached hydrogen (secondary N) is 1. The fraction of sp³-hybridized carbons (Fsp3) is 0.207. The van der Waals surface area contributed by atoms with Crippen LogP contribution in [0.5, 0.6) is 5.75 Å². The number of hydrogen-bond donors (Lipinski definition) is 1. The number of ether oxygens (including phenoxy) is 1. The molecule has 1 aromatic carbocycles. The molecule has 0 aliphatic heterocycles. The quantitative estimate of drug-likeness (QED) is 0.300. The lowest BCUT2D eigenvalue weighted by Crippen LogP contribution is -2.07. The van der Waals surface area contributed by atoms with E-state index in [0.717, 1.165) is 28.0 Å². The van der Waals surface area contributed by atoms with Gasteiger partial charge in [0.25, 0.3) is 0 Å². The summed E-state index contributed by atoms with van der Waals surface area (Å²) in [5, 5.41) is 3.40. The molecule has 0 unspecified atom stereocenters. The Morgan fingerprint density at radius 1 is 0.972 bits per heavy atom. The minimum Gasteiger partial charge on any atom is -0.491 e. The number of pyridine rings is 2. The van der Waals surface area contributed by atoms with Gasteiger partial charge in [-0.2, -0.15) is 0 Å². The Kier molecular flexibility index (Phi) is 9.82. The Morgan fingerprint density at radius 2 is 1.78 bits per heavy atom.